The first-order chi connectivity index (χ1) is 15.3. The van der Waals surface area contributed by atoms with Crippen molar-refractivity contribution in [1.82, 2.24) is 20.0 Å². The van der Waals surface area contributed by atoms with Gasteiger partial charge in [-0.05, 0) is 56.3 Å². The standard InChI is InChI=1S/C22H22ClF3N4O2/c23-15-6-4-7-16(12-15)30-20(22(24,25)26)17(13-28-30)21(31)27-14-18(19-8-5-11-32-19)29-9-2-1-3-10-29/h4-8,11-13,18H,1-3,9-10,14H2,(H,27,31). The summed E-state index contributed by atoms with van der Waals surface area (Å²) in [6.07, 6.45) is 0.864. The van der Waals surface area contributed by atoms with Gasteiger partial charge in [-0.1, -0.05) is 24.1 Å². The number of benzene rings is 1. The molecule has 3 heterocycles. The van der Waals surface area contributed by atoms with Gasteiger partial charge in [0.15, 0.2) is 5.69 Å². The maximum atomic E-state index is 13.9. The lowest BCUT2D eigenvalue weighted by Gasteiger charge is -2.33. The second-order valence-corrected chi connectivity index (χ2v) is 8.07. The Kier molecular flexibility index (Phi) is 6.57. The Balaban J connectivity index is 1.59. The molecule has 1 aliphatic heterocycles. The van der Waals surface area contributed by atoms with Crippen LogP contribution in [0.1, 0.15) is 47.1 Å². The highest BCUT2D eigenvalue weighted by Crippen LogP contribution is 2.34. The second-order valence-electron chi connectivity index (χ2n) is 7.63. The number of halogens is 4. The Labute approximate surface area is 187 Å². The zero-order valence-corrected chi connectivity index (χ0v) is 17.9. The van der Waals surface area contributed by atoms with Crippen molar-refractivity contribution in [3.8, 4) is 5.69 Å². The fourth-order valence-corrected chi connectivity index (χ4v) is 4.18. The van der Waals surface area contributed by atoms with E-state index < -0.39 is 23.3 Å². The molecule has 3 aromatic rings. The van der Waals surface area contributed by atoms with E-state index in [2.05, 4.69) is 15.3 Å². The number of furan rings is 1. The zero-order valence-electron chi connectivity index (χ0n) is 17.1. The van der Waals surface area contributed by atoms with Crippen LogP contribution < -0.4 is 5.32 Å². The van der Waals surface area contributed by atoms with Crippen LogP contribution in [0.3, 0.4) is 0 Å². The van der Waals surface area contributed by atoms with E-state index in [0.29, 0.717) is 10.4 Å². The molecule has 2 aromatic heterocycles. The minimum absolute atomic E-state index is 0.116. The van der Waals surface area contributed by atoms with Crippen LogP contribution in [0.2, 0.25) is 5.02 Å². The van der Waals surface area contributed by atoms with Gasteiger partial charge in [-0.2, -0.15) is 18.3 Å². The van der Waals surface area contributed by atoms with Gasteiger partial charge in [0.25, 0.3) is 5.91 Å². The Hall–Kier alpha value is -2.78. The number of likely N-dealkylation sites (tertiary alicyclic amines) is 1. The highest BCUT2D eigenvalue weighted by molar-refractivity contribution is 6.30. The SMILES string of the molecule is O=C(NCC(c1ccco1)N1CCCCC1)c1cnn(-c2cccc(Cl)c2)c1C(F)(F)F. The quantitative estimate of drug-likeness (QED) is 0.549. The topological polar surface area (TPSA) is 63.3 Å². The van der Waals surface area contributed by atoms with E-state index in [4.69, 9.17) is 16.0 Å². The Morgan fingerprint density at radius 3 is 2.62 bits per heavy atom. The van der Waals surface area contributed by atoms with Crippen molar-refractivity contribution in [2.24, 2.45) is 0 Å². The van der Waals surface area contributed by atoms with E-state index >= 15 is 0 Å². The van der Waals surface area contributed by atoms with Crippen LogP contribution in [-0.2, 0) is 6.18 Å². The highest BCUT2D eigenvalue weighted by Gasteiger charge is 2.40. The van der Waals surface area contributed by atoms with Gasteiger partial charge in [-0.25, -0.2) is 4.68 Å². The Bertz CT molecular complexity index is 1060. The van der Waals surface area contributed by atoms with E-state index in [1.54, 1.807) is 18.4 Å². The number of piperidine rings is 1. The summed E-state index contributed by atoms with van der Waals surface area (Å²) in [7, 11) is 0. The predicted octanol–water partition coefficient (Wildman–Crippen LogP) is 5.09. The lowest BCUT2D eigenvalue weighted by molar-refractivity contribution is -0.143. The van der Waals surface area contributed by atoms with Gasteiger partial charge < -0.3 is 9.73 Å². The molecule has 1 unspecified atom stereocenters. The first-order valence-electron chi connectivity index (χ1n) is 10.3. The number of hydrogen-bond donors (Lipinski definition) is 1. The number of carbonyl (C=O) groups excluding carboxylic acids is 1. The van der Waals surface area contributed by atoms with Crippen molar-refractivity contribution in [2.45, 2.75) is 31.5 Å². The van der Waals surface area contributed by atoms with Crippen molar-refractivity contribution in [1.29, 1.82) is 0 Å². The molecule has 1 aromatic carbocycles. The van der Waals surface area contributed by atoms with Crippen LogP contribution in [0.4, 0.5) is 13.2 Å². The molecule has 0 aliphatic carbocycles. The van der Waals surface area contributed by atoms with E-state index in [0.717, 1.165) is 38.5 Å². The van der Waals surface area contributed by atoms with E-state index in [9.17, 15) is 18.0 Å². The number of aromatic nitrogens is 2. The summed E-state index contributed by atoms with van der Waals surface area (Å²) in [6.45, 7) is 1.79. The summed E-state index contributed by atoms with van der Waals surface area (Å²) < 4.78 is 47.9. The van der Waals surface area contributed by atoms with Crippen LogP contribution in [0.15, 0.2) is 53.3 Å². The third-order valence-electron chi connectivity index (χ3n) is 5.49. The van der Waals surface area contributed by atoms with Crippen LogP contribution in [0.25, 0.3) is 5.69 Å². The zero-order chi connectivity index (χ0) is 22.7. The van der Waals surface area contributed by atoms with E-state index in [1.807, 2.05) is 6.07 Å². The number of hydrogen-bond acceptors (Lipinski definition) is 4. The number of alkyl halides is 3. The highest BCUT2D eigenvalue weighted by atomic mass is 35.5. The summed E-state index contributed by atoms with van der Waals surface area (Å²) >= 11 is 5.92. The molecule has 6 nitrogen and oxygen atoms in total. The maximum Gasteiger partial charge on any atom is 0.434 e. The number of nitrogens with one attached hydrogen (secondary N) is 1. The fourth-order valence-electron chi connectivity index (χ4n) is 4.00. The molecule has 4 rings (SSSR count). The number of amides is 1. The molecule has 1 fully saturated rings. The molecular weight excluding hydrogens is 445 g/mol. The minimum atomic E-state index is -4.79. The van der Waals surface area contributed by atoms with Crippen molar-refractivity contribution in [3.63, 3.8) is 0 Å². The monoisotopic (exact) mass is 466 g/mol. The lowest BCUT2D eigenvalue weighted by atomic mass is 10.1. The number of nitrogens with zero attached hydrogens (tertiary/aromatic N) is 3. The molecule has 1 amide bonds. The minimum Gasteiger partial charge on any atom is -0.468 e. The fraction of sp³-hybridized carbons (Fsp3) is 0.364. The summed E-state index contributed by atoms with van der Waals surface area (Å²) in [6, 6.07) is 9.17. The van der Waals surface area contributed by atoms with Gasteiger partial charge >= 0.3 is 6.18 Å². The van der Waals surface area contributed by atoms with Gasteiger partial charge in [-0.3, -0.25) is 9.69 Å². The van der Waals surface area contributed by atoms with Gasteiger partial charge in [0.2, 0.25) is 0 Å². The molecule has 10 heteroatoms. The predicted molar refractivity (Wildman–Crippen MR) is 113 cm³/mol. The van der Waals surface area contributed by atoms with Crippen LogP contribution in [0.5, 0.6) is 0 Å². The second kappa shape index (κ2) is 9.38. The van der Waals surface area contributed by atoms with E-state index in [1.165, 1.54) is 18.2 Å². The molecule has 1 saturated heterocycles. The van der Waals surface area contributed by atoms with E-state index in [-0.39, 0.29) is 23.3 Å². The first-order valence-corrected chi connectivity index (χ1v) is 10.7. The summed E-state index contributed by atoms with van der Waals surface area (Å²) in [4.78, 5) is 15.0. The molecular formula is C22H22ClF3N4O2. The molecule has 32 heavy (non-hydrogen) atoms. The van der Waals surface area contributed by atoms with Gasteiger partial charge in [0.1, 0.15) is 5.76 Å². The summed E-state index contributed by atoms with van der Waals surface area (Å²) in [5, 5.41) is 6.75. The average Bonchev–Trinajstić information content (AvgIpc) is 3.45. The van der Waals surface area contributed by atoms with Crippen molar-refractivity contribution >= 4 is 17.5 Å². The largest absolute Gasteiger partial charge is 0.468 e. The molecule has 0 saturated carbocycles. The van der Waals surface area contributed by atoms with Crippen LogP contribution in [0, 0.1) is 0 Å². The number of carbonyl (C=O) groups is 1. The smallest absolute Gasteiger partial charge is 0.434 e. The molecule has 1 aliphatic rings. The maximum absolute atomic E-state index is 13.9. The molecule has 1 atom stereocenters. The molecule has 1 N–H and O–H groups in total. The van der Waals surface area contributed by atoms with Gasteiger partial charge in [0, 0.05) is 11.6 Å². The first kappa shape index (κ1) is 22.4. The summed E-state index contributed by atoms with van der Waals surface area (Å²) in [5.74, 6) is -0.183. The number of rotatable bonds is 6. The van der Waals surface area contributed by atoms with Crippen molar-refractivity contribution in [2.75, 3.05) is 19.6 Å². The molecule has 0 spiro atoms. The van der Waals surface area contributed by atoms with Crippen molar-refractivity contribution < 1.29 is 22.4 Å². The molecule has 170 valence electrons. The average molecular weight is 467 g/mol. The van der Waals surface area contributed by atoms with Crippen LogP contribution in [-0.4, -0.2) is 40.2 Å². The molecule has 0 bridgehead atoms. The van der Waals surface area contributed by atoms with Crippen LogP contribution >= 0.6 is 11.6 Å². The Morgan fingerprint density at radius 2 is 1.97 bits per heavy atom. The molecule has 0 radical (unpaired) electrons. The van der Waals surface area contributed by atoms with Gasteiger partial charge in [-0.15, -0.1) is 0 Å². The summed E-state index contributed by atoms with van der Waals surface area (Å²) in [5.41, 5.74) is -1.58. The Morgan fingerprint density at radius 1 is 1.19 bits per heavy atom. The third-order valence-corrected chi connectivity index (χ3v) is 5.73. The normalized spacial score (nSPS) is 16.1. The van der Waals surface area contributed by atoms with Gasteiger partial charge in [0.05, 0.1) is 29.8 Å². The third kappa shape index (κ3) is 4.83. The van der Waals surface area contributed by atoms with Crippen molar-refractivity contribution in [3.05, 3.63) is 70.9 Å². The lowest BCUT2D eigenvalue weighted by Crippen LogP contribution is -2.40.